The molecule has 78 valence electrons. The van der Waals surface area contributed by atoms with Crippen molar-refractivity contribution in [1.29, 1.82) is 0 Å². The molecule has 0 aliphatic heterocycles. The fourth-order valence-electron chi connectivity index (χ4n) is 1.09. The standard InChI is InChI=1S/C12H12O3/c1-14-11-7-6-10(5-3-4-8-13)12(9-11)15-2/h6-9H,4H2,1-2H3. The minimum Gasteiger partial charge on any atom is -0.497 e. The first-order valence-electron chi connectivity index (χ1n) is 4.46. The number of hydrogen-bond acceptors (Lipinski definition) is 3. The zero-order valence-corrected chi connectivity index (χ0v) is 8.74. The predicted molar refractivity (Wildman–Crippen MR) is 57.1 cm³/mol. The van der Waals surface area contributed by atoms with Gasteiger partial charge >= 0.3 is 0 Å². The summed E-state index contributed by atoms with van der Waals surface area (Å²) >= 11 is 0. The first-order valence-corrected chi connectivity index (χ1v) is 4.46. The van der Waals surface area contributed by atoms with Crippen LogP contribution in [0.3, 0.4) is 0 Å². The summed E-state index contributed by atoms with van der Waals surface area (Å²) in [7, 11) is 3.16. The number of benzene rings is 1. The Hall–Kier alpha value is -1.95. The van der Waals surface area contributed by atoms with Crippen molar-refractivity contribution in [2.45, 2.75) is 6.42 Å². The van der Waals surface area contributed by atoms with Crippen LogP contribution in [0, 0.1) is 11.8 Å². The second-order valence-electron chi connectivity index (χ2n) is 2.74. The minimum absolute atomic E-state index is 0.231. The summed E-state index contributed by atoms with van der Waals surface area (Å²) < 4.78 is 10.2. The normalized spacial score (nSPS) is 8.67. The second kappa shape index (κ2) is 5.71. The van der Waals surface area contributed by atoms with Crippen molar-refractivity contribution < 1.29 is 14.3 Å². The highest BCUT2D eigenvalue weighted by molar-refractivity contribution is 5.56. The van der Waals surface area contributed by atoms with Crippen LogP contribution in [0.25, 0.3) is 0 Å². The van der Waals surface area contributed by atoms with Gasteiger partial charge in [0.2, 0.25) is 0 Å². The Balaban J connectivity index is 2.98. The molecule has 0 amide bonds. The highest BCUT2D eigenvalue weighted by Gasteiger charge is 2.01. The van der Waals surface area contributed by atoms with Crippen molar-refractivity contribution in [3.05, 3.63) is 23.8 Å². The molecule has 0 saturated carbocycles. The summed E-state index contributed by atoms with van der Waals surface area (Å²) in [5.41, 5.74) is 0.750. The smallest absolute Gasteiger partial charge is 0.138 e. The van der Waals surface area contributed by atoms with Crippen LogP contribution in [0.15, 0.2) is 18.2 Å². The molecule has 0 radical (unpaired) electrons. The number of carbonyl (C=O) groups is 1. The van der Waals surface area contributed by atoms with Crippen LogP contribution in [0.2, 0.25) is 0 Å². The molecule has 0 N–H and O–H groups in total. The highest BCUT2D eigenvalue weighted by atomic mass is 16.5. The van der Waals surface area contributed by atoms with Crippen LogP contribution in [-0.4, -0.2) is 20.5 Å². The maximum Gasteiger partial charge on any atom is 0.138 e. The van der Waals surface area contributed by atoms with Crippen molar-refractivity contribution in [2.75, 3.05) is 14.2 Å². The monoisotopic (exact) mass is 204 g/mol. The Morgan fingerprint density at radius 2 is 2.13 bits per heavy atom. The largest absolute Gasteiger partial charge is 0.497 e. The van der Waals surface area contributed by atoms with Crippen molar-refractivity contribution in [1.82, 2.24) is 0 Å². The molecule has 0 aliphatic rings. The van der Waals surface area contributed by atoms with Gasteiger partial charge in [0.25, 0.3) is 0 Å². The Labute approximate surface area is 89.0 Å². The molecule has 0 unspecified atom stereocenters. The summed E-state index contributed by atoms with van der Waals surface area (Å²) in [5, 5.41) is 0. The highest BCUT2D eigenvalue weighted by Crippen LogP contribution is 2.23. The molecule has 3 heteroatoms. The van der Waals surface area contributed by atoms with Gasteiger partial charge < -0.3 is 14.3 Å². The molecular formula is C12H12O3. The van der Waals surface area contributed by atoms with E-state index < -0.39 is 0 Å². The zero-order chi connectivity index (χ0) is 11.1. The summed E-state index contributed by atoms with van der Waals surface area (Å²) in [6, 6.07) is 5.35. The van der Waals surface area contributed by atoms with E-state index >= 15 is 0 Å². The lowest BCUT2D eigenvalue weighted by molar-refractivity contribution is -0.107. The van der Waals surface area contributed by atoms with Gasteiger partial charge in [-0.05, 0) is 12.1 Å². The van der Waals surface area contributed by atoms with E-state index in [-0.39, 0.29) is 6.42 Å². The van der Waals surface area contributed by atoms with Crippen LogP contribution >= 0.6 is 0 Å². The van der Waals surface area contributed by atoms with E-state index in [1.807, 2.05) is 0 Å². The zero-order valence-electron chi connectivity index (χ0n) is 8.74. The summed E-state index contributed by atoms with van der Waals surface area (Å²) in [5.74, 6) is 6.94. The van der Waals surface area contributed by atoms with Gasteiger partial charge in [-0.2, -0.15) is 0 Å². The maximum absolute atomic E-state index is 10.1. The lowest BCUT2D eigenvalue weighted by atomic mass is 10.2. The second-order valence-corrected chi connectivity index (χ2v) is 2.74. The molecule has 1 aromatic rings. The summed E-state index contributed by atoms with van der Waals surface area (Å²) in [4.78, 5) is 10.1. The van der Waals surface area contributed by atoms with Crippen molar-refractivity contribution in [3.63, 3.8) is 0 Å². The molecule has 0 aromatic heterocycles. The first kappa shape index (κ1) is 11.1. The van der Waals surface area contributed by atoms with Crippen molar-refractivity contribution >= 4 is 6.29 Å². The predicted octanol–water partition coefficient (Wildman–Crippen LogP) is 1.64. The van der Waals surface area contributed by atoms with Gasteiger partial charge in [-0.1, -0.05) is 11.8 Å². The molecular weight excluding hydrogens is 192 g/mol. The van der Waals surface area contributed by atoms with Gasteiger partial charge in [-0.3, -0.25) is 0 Å². The Morgan fingerprint density at radius 3 is 2.73 bits per heavy atom. The average Bonchev–Trinajstić information content (AvgIpc) is 2.29. The van der Waals surface area contributed by atoms with Gasteiger partial charge in [-0.15, -0.1) is 0 Å². The molecule has 0 spiro atoms. The van der Waals surface area contributed by atoms with Crippen LogP contribution in [0.4, 0.5) is 0 Å². The molecule has 0 heterocycles. The third-order valence-electron chi connectivity index (χ3n) is 1.82. The third-order valence-corrected chi connectivity index (χ3v) is 1.82. The average molecular weight is 204 g/mol. The van der Waals surface area contributed by atoms with Gasteiger partial charge in [0.15, 0.2) is 0 Å². The molecule has 0 bridgehead atoms. The van der Waals surface area contributed by atoms with Crippen LogP contribution in [0.1, 0.15) is 12.0 Å². The van der Waals surface area contributed by atoms with E-state index in [2.05, 4.69) is 11.8 Å². The number of ether oxygens (including phenoxy) is 2. The minimum atomic E-state index is 0.231. The Kier molecular flexibility index (Phi) is 4.24. The van der Waals surface area contributed by atoms with Gasteiger partial charge in [-0.25, -0.2) is 0 Å². The van der Waals surface area contributed by atoms with E-state index in [1.54, 1.807) is 32.4 Å². The lowest BCUT2D eigenvalue weighted by Crippen LogP contribution is -1.90. The Bertz CT molecular complexity index is 399. The molecule has 0 fully saturated rings. The first-order chi connectivity index (χ1) is 7.31. The van der Waals surface area contributed by atoms with E-state index in [0.717, 1.165) is 11.8 Å². The number of carbonyl (C=O) groups excluding carboxylic acids is 1. The molecule has 1 rings (SSSR count). The molecule has 0 atom stereocenters. The Morgan fingerprint density at radius 1 is 1.33 bits per heavy atom. The van der Waals surface area contributed by atoms with Crippen LogP contribution in [0.5, 0.6) is 11.5 Å². The molecule has 15 heavy (non-hydrogen) atoms. The van der Waals surface area contributed by atoms with Gasteiger partial charge in [0.1, 0.15) is 17.8 Å². The molecule has 0 aliphatic carbocycles. The van der Waals surface area contributed by atoms with Crippen molar-refractivity contribution in [3.8, 4) is 23.3 Å². The number of hydrogen-bond donors (Lipinski definition) is 0. The SMILES string of the molecule is COc1ccc(C#CCC=O)c(OC)c1. The van der Waals surface area contributed by atoms with E-state index in [0.29, 0.717) is 11.5 Å². The van der Waals surface area contributed by atoms with E-state index in [9.17, 15) is 4.79 Å². The van der Waals surface area contributed by atoms with Gasteiger partial charge in [0, 0.05) is 6.07 Å². The third kappa shape index (κ3) is 3.03. The summed E-state index contributed by atoms with van der Waals surface area (Å²) in [6.07, 6.45) is 0.998. The van der Waals surface area contributed by atoms with Gasteiger partial charge in [0.05, 0.1) is 26.2 Å². The lowest BCUT2D eigenvalue weighted by Gasteiger charge is -2.05. The maximum atomic E-state index is 10.1. The number of methoxy groups -OCH3 is 2. The van der Waals surface area contributed by atoms with E-state index in [4.69, 9.17) is 9.47 Å². The summed E-state index contributed by atoms with van der Waals surface area (Å²) in [6.45, 7) is 0. The topological polar surface area (TPSA) is 35.5 Å². The molecule has 0 saturated heterocycles. The quantitative estimate of drug-likeness (QED) is 0.554. The van der Waals surface area contributed by atoms with E-state index in [1.165, 1.54) is 0 Å². The fourth-order valence-corrected chi connectivity index (χ4v) is 1.09. The number of rotatable bonds is 3. The molecule has 1 aromatic carbocycles. The number of aldehydes is 1. The van der Waals surface area contributed by atoms with Crippen molar-refractivity contribution in [2.24, 2.45) is 0 Å². The fraction of sp³-hybridized carbons (Fsp3) is 0.250. The van der Waals surface area contributed by atoms with Crippen LogP contribution in [-0.2, 0) is 4.79 Å². The van der Waals surface area contributed by atoms with Crippen LogP contribution < -0.4 is 9.47 Å². The molecule has 3 nitrogen and oxygen atoms in total.